The molecule has 2 heterocycles. The van der Waals surface area contributed by atoms with Crippen LogP contribution < -0.4 is 10.2 Å². The molecule has 1 aromatic carbocycles. The summed E-state index contributed by atoms with van der Waals surface area (Å²) in [5.74, 6) is 0.404. The first-order valence-corrected chi connectivity index (χ1v) is 9.35. The number of carbonyl (C=O) groups excluding carboxylic acids is 2. The zero-order chi connectivity index (χ0) is 15.8. The molecule has 2 aromatic rings. The number of aromatic nitrogens is 1. The highest BCUT2D eigenvalue weighted by Crippen LogP contribution is 2.36. The smallest absolute Gasteiger partial charge is 0.270 e. The van der Waals surface area contributed by atoms with E-state index < -0.39 is 0 Å². The molecule has 1 aromatic heterocycles. The van der Waals surface area contributed by atoms with Crippen LogP contribution in [0.1, 0.15) is 28.3 Å². The Balaban J connectivity index is 1.52. The van der Waals surface area contributed by atoms with Crippen LogP contribution in [0.15, 0.2) is 34.5 Å². The van der Waals surface area contributed by atoms with Crippen LogP contribution in [0, 0.1) is 0 Å². The summed E-state index contributed by atoms with van der Waals surface area (Å²) in [6.45, 7) is 0.414. The van der Waals surface area contributed by atoms with Crippen LogP contribution >= 0.6 is 23.1 Å². The van der Waals surface area contributed by atoms with Crippen molar-refractivity contribution in [3.63, 3.8) is 0 Å². The molecular formula is C16H15N3O2S2. The van der Waals surface area contributed by atoms with E-state index in [-0.39, 0.29) is 11.8 Å². The highest BCUT2D eigenvalue weighted by molar-refractivity contribution is 8.00. The van der Waals surface area contributed by atoms with Gasteiger partial charge >= 0.3 is 0 Å². The lowest BCUT2D eigenvalue weighted by molar-refractivity contribution is -0.116. The Morgan fingerprint density at radius 2 is 2.17 bits per heavy atom. The number of hydrogen-bond donors (Lipinski definition) is 1. The lowest BCUT2D eigenvalue weighted by atomic mass is 10.2. The van der Waals surface area contributed by atoms with Gasteiger partial charge in [0.1, 0.15) is 10.7 Å². The van der Waals surface area contributed by atoms with E-state index in [9.17, 15) is 9.59 Å². The Kier molecular flexibility index (Phi) is 3.82. The molecule has 1 fully saturated rings. The van der Waals surface area contributed by atoms with Crippen molar-refractivity contribution >= 4 is 40.6 Å². The first kappa shape index (κ1) is 14.7. The van der Waals surface area contributed by atoms with E-state index in [0.29, 0.717) is 24.0 Å². The zero-order valence-corrected chi connectivity index (χ0v) is 14.0. The summed E-state index contributed by atoms with van der Waals surface area (Å²) in [5.41, 5.74) is 1.37. The van der Waals surface area contributed by atoms with Gasteiger partial charge in [-0.15, -0.1) is 23.1 Å². The molecule has 0 unspecified atom stereocenters. The standard InChI is InChI=1S/C16H15N3O2S2/c20-15-9-22-13-4-2-1-3-12(13)19(15)7-14-18-11(8-23-14)16(21)17-10-5-6-10/h1-4,8,10H,5-7,9H2,(H,17,21). The molecule has 7 heteroatoms. The largest absolute Gasteiger partial charge is 0.348 e. The van der Waals surface area contributed by atoms with Crippen LogP contribution in [0.3, 0.4) is 0 Å². The predicted octanol–water partition coefficient (Wildman–Crippen LogP) is 2.67. The number of nitrogens with zero attached hydrogens (tertiary/aromatic N) is 2. The first-order valence-electron chi connectivity index (χ1n) is 7.48. The third kappa shape index (κ3) is 3.11. The van der Waals surface area contributed by atoms with Gasteiger partial charge < -0.3 is 10.2 Å². The van der Waals surface area contributed by atoms with E-state index >= 15 is 0 Å². The minimum atomic E-state index is -0.115. The van der Waals surface area contributed by atoms with Crippen molar-refractivity contribution in [2.75, 3.05) is 10.7 Å². The van der Waals surface area contributed by atoms with Crippen LogP contribution in [-0.4, -0.2) is 28.6 Å². The number of thioether (sulfide) groups is 1. The number of amides is 2. The fourth-order valence-corrected chi connectivity index (χ4v) is 4.14. The summed E-state index contributed by atoms with van der Waals surface area (Å²) in [5, 5.41) is 5.48. The molecule has 5 nitrogen and oxygen atoms in total. The van der Waals surface area contributed by atoms with Crippen molar-refractivity contribution in [2.45, 2.75) is 30.3 Å². The van der Waals surface area contributed by atoms with Crippen LogP contribution in [0.25, 0.3) is 0 Å². The Morgan fingerprint density at radius 1 is 1.35 bits per heavy atom. The fraction of sp³-hybridized carbons (Fsp3) is 0.312. The van der Waals surface area contributed by atoms with Gasteiger partial charge in [0.25, 0.3) is 5.91 Å². The second-order valence-corrected chi connectivity index (χ2v) is 7.57. The van der Waals surface area contributed by atoms with Crippen molar-refractivity contribution in [3.8, 4) is 0 Å². The van der Waals surface area contributed by atoms with E-state index in [2.05, 4.69) is 10.3 Å². The lowest BCUT2D eigenvalue weighted by Gasteiger charge is -2.28. The number of nitrogens with one attached hydrogen (secondary N) is 1. The van der Waals surface area contributed by atoms with Gasteiger partial charge in [0.15, 0.2) is 0 Å². The number of carbonyl (C=O) groups is 2. The second-order valence-electron chi connectivity index (χ2n) is 5.61. The molecule has 1 aliphatic heterocycles. The molecule has 4 rings (SSSR count). The van der Waals surface area contributed by atoms with E-state index in [1.807, 2.05) is 24.3 Å². The number of rotatable bonds is 4. The van der Waals surface area contributed by atoms with Gasteiger partial charge in [-0.1, -0.05) is 12.1 Å². The summed E-state index contributed by atoms with van der Waals surface area (Å²) in [4.78, 5) is 31.5. The number of para-hydroxylation sites is 1. The molecule has 0 radical (unpaired) electrons. The summed E-state index contributed by atoms with van der Waals surface area (Å²) in [7, 11) is 0. The fourth-order valence-electron chi connectivity index (χ4n) is 2.44. The number of benzene rings is 1. The number of hydrogen-bond acceptors (Lipinski definition) is 5. The molecule has 2 aliphatic rings. The molecule has 118 valence electrons. The average Bonchev–Trinajstić information content (AvgIpc) is 3.24. The van der Waals surface area contributed by atoms with Crippen LogP contribution in [0.4, 0.5) is 5.69 Å². The van der Waals surface area contributed by atoms with Crippen molar-refractivity contribution in [3.05, 3.63) is 40.3 Å². The lowest BCUT2D eigenvalue weighted by Crippen LogP contribution is -2.34. The van der Waals surface area contributed by atoms with Crippen LogP contribution in [0.2, 0.25) is 0 Å². The van der Waals surface area contributed by atoms with E-state index in [4.69, 9.17) is 0 Å². The molecule has 2 amide bonds. The molecule has 23 heavy (non-hydrogen) atoms. The molecule has 0 spiro atoms. The molecular weight excluding hydrogens is 330 g/mol. The first-order chi connectivity index (χ1) is 11.2. The van der Waals surface area contributed by atoms with Crippen LogP contribution in [-0.2, 0) is 11.3 Å². The van der Waals surface area contributed by atoms with Crippen molar-refractivity contribution < 1.29 is 9.59 Å². The van der Waals surface area contributed by atoms with Gasteiger partial charge in [-0.05, 0) is 25.0 Å². The van der Waals surface area contributed by atoms with Gasteiger partial charge in [-0.2, -0.15) is 0 Å². The topological polar surface area (TPSA) is 62.3 Å². The van der Waals surface area contributed by atoms with Gasteiger partial charge in [-0.25, -0.2) is 4.98 Å². The summed E-state index contributed by atoms with van der Waals surface area (Å²) in [6.07, 6.45) is 2.11. The van der Waals surface area contributed by atoms with Crippen LogP contribution in [0.5, 0.6) is 0 Å². The van der Waals surface area contributed by atoms with Gasteiger partial charge in [0, 0.05) is 16.3 Å². The quantitative estimate of drug-likeness (QED) is 0.925. The monoisotopic (exact) mass is 345 g/mol. The normalized spacial score (nSPS) is 17.0. The van der Waals surface area contributed by atoms with E-state index in [0.717, 1.165) is 28.4 Å². The Hall–Kier alpha value is -1.86. The third-order valence-electron chi connectivity index (χ3n) is 3.80. The van der Waals surface area contributed by atoms with E-state index in [1.54, 1.807) is 22.0 Å². The molecule has 1 aliphatic carbocycles. The number of fused-ring (bicyclic) bond motifs is 1. The Morgan fingerprint density at radius 3 is 3.00 bits per heavy atom. The predicted molar refractivity (Wildman–Crippen MR) is 91.0 cm³/mol. The van der Waals surface area contributed by atoms with Gasteiger partial charge in [0.2, 0.25) is 5.91 Å². The second kappa shape index (κ2) is 5.98. The van der Waals surface area contributed by atoms with Crippen molar-refractivity contribution in [1.29, 1.82) is 0 Å². The molecule has 0 atom stereocenters. The number of thiazole rings is 1. The summed E-state index contributed by atoms with van der Waals surface area (Å²) in [6, 6.07) is 8.20. The van der Waals surface area contributed by atoms with Crippen molar-refractivity contribution in [1.82, 2.24) is 10.3 Å². The van der Waals surface area contributed by atoms with Gasteiger partial charge in [0.05, 0.1) is 18.0 Å². The van der Waals surface area contributed by atoms with E-state index in [1.165, 1.54) is 11.3 Å². The highest BCUT2D eigenvalue weighted by Gasteiger charge is 2.27. The maximum Gasteiger partial charge on any atom is 0.270 e. The molecule has 0 bridgehead atoms. The number of anilines is 1. The Bertz CT molecular complexity index is 770. The molecule has 1 saturated carbocycles. The average molecular weight is 345 g/mol. The highest BCUT2D eigenvalue weighted by atomic mass is 32.2. The molecule has 0 saturated heterocycles. The molecule has 1 N–H and O–H groups in total. The zero-order valence-electron chi connectivity index (χ0n) is 12.3. The summed E-state index contributed by atoms with van der Waals surface area (Å²) >= 11 is 2.99. The SMILES string of the molecule is O=C(NC1CC1)c1csc(CN2C(=O)CSc3ccccc32)n1. The maximum absolute atomic E-state index is 12.3. The third-order valence-corrected chi connectivity index (χ3v) is 5.68. The summed E-state index contributed by atoms with van der Waals surface area (Å²) < 4.78 is 0. The van der Waals surface area contributed by atoms with Crippen molar-refractivity contribution in [2.24, 2.45) is 0 Å². The minimum Gasteiger partial charge on any atom is -0.348 e. The minimum absolute atomic E-state index is 0.0767. The maximum atomic E-state index is 12.3. The van der Waals surface area contributed by atoms with Gasteiger partial charge in [-0.3, -0.25) is 9.59 Å². The Labute approximate surface area is 142 Å².